The highest BCUT2D eigenvalue weighted by molar-refractivity contribution is 6.30. The van der Waals surface area contributed by atoms with Crippen LogP contribution in [-0.4, -0.2) is 41.4 Å². The Morgan fingerprint density at radius 1 is 0.967 bits per heavy atom. The SMILES string of the molecule is O=C(c1ccco1)N(Cc1ccc(Cl)cc1)C1CCN(CCc2ccccc2)CC1. The van der Waals surface area contributed by atoms with E-state index in [0.717, 1.165) is 44.5 Å². The van der Waals surface area contributed by atoms with Crippen LogP contribution in [0.25, 0.3) is 0 Å². The van der Waals surface area contributed by atoms with Gasteiger partial charge in [0.05, 0.1) is 6.26 Å². The second-order valence-electron chi connectivity index (χ2n) is 7.85. The smallest absolute Gasteiger partial charge is 0.290 e. The van der Waals surface area contributed by atoms with Gasteiger partial charge in [-0.3, -0.25) is 4.79 Å². The Hall–Kier alpha value is -2.56. The van der Waals surface area contributed by atoms with E-state index in [1.54, 1.807) is 18.4 Å². The zero-order valence-corrected chi connectivity index (χ0v) is 17.8. The zero-order chi connectivity index (χ0) is 20.8. The van der Waals surface area contributed by atoms with Crippen LogP contribution in [0.2, 0.25) is 5.02 Å². The molecule has 5 heteroatoms. The van der Waals surface area contributed by atoms with E-state index in [-0.39, 0.29) is 11.9 Å². The molecule has 0 radical (unpaired) electrons. The van der Waals surface area contributed by atoms with E-state index in [1.807, 2.05) is 29.2 Å². The Labute approximate surface area is 183 Å². The molecule has 1 saturated heterocycles. The number of hydrogen-bond donors (Lipinski definition) is 0. The topological polar surface area (TPSA) is 36.7 Å². The molecular formula is C25H27ClN2O2. The molecular weight excluding hydrogens is 396 g/mol. The fourth-order valence-electron chi connectivity index (χ4n) is 4.08. The van der Waals surface area contributed by atoms with Crippen molar-refractivity contribution in [2.45, 2.75) is 31.8 Å². The van der Waals surface area contributed by atoms with Gasteiger partial charge in [0.1, 0.15) is 0 Å². The van der Waals surface area contributed by atoms with Crippen LogP contribution in [0, 0.1) is 0 Å². The standard InChI is InChI=1S/C25H27ClN2O2/c26-22-10-8-21(9-11-22)19-28(25(29)24-7-4-18-30-24)23-13-16-27(17-14-23)15-12-20-5-2-1-3-6-20/h1-11,18,23H,12-17,19H2. The second-order valence-corrected chi connectivity index (χ2v) is 8.28. The minimum absolute atomic E-state index is 0.0438. The molecule has 0 bridgehead atoms. The van der Waals surface area contributed by atoms with Gasteiger partial charge < -0.3 is 14.2 Å². The Morgan fingerprint density at radius 3 is 2.37 bits per heavy atom. The van der Waals surface area contributed by atoms with Crippen molar-refractivity contribution < 1.29 is 9.21 Å². The molecule has 2 aromatic carbocycles. The first-order chi connectivity index (χ1) is 14.7. The highest BCUT2D eigenvalue weighted by Gasteiger charge is 2.29. The molecule has 3 aromatic rings. The monoisotopic (exact) mass is 422 g/mol. The number of rotatable bonds is 7. The van der Waals surface area contributed by atoms with Gasteiger partial charge in [0.2, 0.25) is 0 Å². The van der Waals surface area contributed by atoms with Gasteiger partial charge in [0, 0.05) is 37.2 Å². The van der Waals surface area contributed by atoms with E-state index in [4.69, 9.17) is 16.0 Å². The van der Waals surface area contributed by atoms with E-state index in [9.17, 15) is 4.79 Å². The van der Waals surface area contributed by atoms with Gasteiger partial charge in [0.25, 0.3) is 5.91 Å². The number of amides is 1. The first kappa shape index (κ1) is 20.7. The number of piperidine rings is 1. The van der Waals surface area contributed by atoms with E-state index >= 15 is 0 Å². The maximum Gasteiger partial charge on any atom is 0.290 e. The summed E-state index contributed by atoms with van der Waals surface area (Å²) in [5.41, 5.74) is 2.45. The molecule has 4 rings (SSSR count). The summed E-state index contributed by atoms with van der Waals surface area (Å²) in [6.07, 6.45) is 4.55. The predicted molar refractivity (Wildman–Crippen MR) is 120 cm³/mol. The van der Waals surface area contributed by atoms with Crippen LogP contribution in [0.1, 0.15) is 34.5 Å². The first-order valence-corrected chi connectivity index (χ1v) is 10.9. The van der Waals surface area contributed by atoms with E-state index in [1.165, 1.54) is 5.56 Å². The van der Waals surface area contributed by atoms with E-state index < -0.39 is 0 Å². The van der Waals surface area contributed by atoms with Crippen LogP contribution in [0.15, 0.2) is 77.4 Å². The fourth-order valence-corrected chi connectivity index (χ4v) is 4.21. The zero-order valence-electron chi connectivity index (χ0n) is 17.0. The van der Waals surface area contributed by atoms with Gasteiger partial charge >= 0.3 is 0 Å². The summed E-state index contributed by atoms with van der Waals surface area (Å²) in [4.78, 5) is 17.6. The van der Waals surface area contributed by atoms with Gasteiger partial charge in [-0.1, -0.05) is 54.1 Å². The average molecular weight is 423 g/mol. The minimum atomic E-state index is -0.0438. The summed E-state index contributed by atoms with van der Waals surface area (Å²) in [5.74, 6) is 0.355. The quantitative estimate of drug-likeness (QED) is 0.519. The van der Waals surface area contributed by atoms with Gasteiger partial charge in [-0.15, -0.1) is 0 Å². The van der Waals surface area contributed by atoms with Crippen LogP contribution in [0.5, 0.6) is 0 Å². The predicted octanol–water partition coefficient (Wildman–Crippen LogP) is 5.28. The second kappa shape index (κ2) is 9.96. The highest BCUT2D eigenvalue weighted by Crippen LogP contribution is 2.23. The summed E-state index contributed by atoms with van der Waals surface area (Å²) in [6, 6.07) is 22.0. The maximum atomic E-state index is 13.2. The molecule has 1 aliphatic heterocycles. The van der Waals surface area contributed by atoms with E-state index in [2.05, 4.69) is 35.2 Å². The summed E-state index contributed by atoms with van der Waals surface area (Å²) >= 11 is 6.03. The van der Waals surface area contributed by atoms with Crippen molar-refractivity contribution in [1.29, 1.82) is 0 Å². The molecule has 0 atom stereocenters. The summed E-state index contributed by atoms with van der Waals surface area (Å²) in [5, 5.41) is 0.703. The number of furan rings is 1. The lowest BCUT2D eigenvalue weighted by atomic mass is 10.0. The molecule has 0 N–H and O–H groups in total. The maximum absolute atomic E-state index is 13.2. The number of likely N-dealkylation sites (tertiary alicyclic amines) is 1. The first-order valence-electron chi connectivity index (χ1n) is 10.5. The Balaban J connectivity index is 1.39. The molecule has 0 aliphatic carbocycles. The molecule has 1 fully saturated rings. The average Bonchev–Trinajstić information content (AvgIpc) is 3.33. The molecule has 1 aliphatic rings. The number of carbonyl (C=O) groups excluding carboxylic acids is 1. The third kappa shape index (κ3) is 5.32. The van der Waals surface area contributed by atoms with Crippen molar-refractivity contribution in [2.75, 3.05) is 19.6 Å². The van der Waals surface area contributed by atoms with Crippen LogP contribution in [-0.2, 0) is 13.0 Å². The number of benzene rings is 2. The van der Waals surface area contributed by atoms with Crippen LogP contribution >= 0.6 is 11.6 Å². The highest BCUT2D eigenvalue weighted by atomic mass is 35.5. The van der Waals surface area contributed by atoms with Gasteiger partial charge in [-0.25, -0.2) is 0 Å². The van der Waals surface area contributed by atoms with Crippen molar-refractivity contribution in [1.82, 2.24) is 9.80 Å². The van der Waals surface area contributed by atoms with Crippen molar-refractivity contribution in [2.24, 2.45) is 0 Å². The molecule has 2 heterocycles. The van der Waals surface area contributed by atoms with Crippen LogP contribution in [0.3, 0.4) is 0 Å². The lowest BCUT2D eigenvalue weighted by molar-refractivity contribution is 0.0520. The molecule has 0 spiro atoms. The van der Waals surface area contributed by atoms with Crippen LogP contribution < -0.4 is 0 Å². The Kier molecular flexibility index (Phi) is 6.88. The Morgan fingerprint density at radius 2 is 1.70 bits per heavy atom. The third-order valence-corrected chi connectivity index (χ3v) is 6.07. The minimum Gasteiger partial charge on any atom is -0.459 e. The molecule has 0 saturated carbocycles. The largest absolute Gasteiger partial charge is 0.459 e. The summed E-state index contributed by atoms with van der Waals surface area (Å²) < 4.78 is 5.41. The van der Waals surface area contributed by atoms with Crippen molar-refractivity contribution >= 4 is 17.5 Å². The molecule has 30 heavy (non-hydrogen) atoms. The number of halogens is 1. The Bertz CT molecular complexity index is 918. The molecule has 4 nitrogen and oxygen atoms in total. The number of nitrogens with zero attached hydrogens (tertiary/aromatic N) is 2. The van der Waals surface area contributed by atoms with Crippen molar-refractivity contribution in [3.8, 4) is 0 Å². The lowest BCUT2D eigenvalue weighted by Gasteiger charge is -2.38. The van der Waals surface area contributed by atoms with Crippen molar-refractivity contribution in [3.05, 3.63) is 94.9 Å². The van der Waals surface area contributed by atoms with Gasteiger partial charge in [-0.05, 0) is 54.7 Å². The molecule has 156 valence electrons. The normalized spacial score (nSPS) is 15.2. The molecule has 0 unspecified atom stereocenters. The summed E-state index contributed by atoms with van der Waals surface area (Å²) in [7, 11) is 0. The van der Waals surface area contributed by atoms with Crippen LogP contribution in [0.4, 0.5) is 0 Å². The fraction of sp³-hybridized carbons (Fsp3) is 0.320. The lowest BCUT2D eigenvalue weighted by Crippen LogP contribution is -2.47. The number of carbonyl (C=O) groups is 1. The number of hydrogen-bond acceptors (Lipinski definition) is 3. The molecule has 1 aromatic heterocycles. The summed E-state index contributed by atoms with van der Waals surface area (Å²) in [6.45, 7) is 3.62. The van der Waals surface area contributed by atoms with Gasteiger partial charge in [0.15, 0.2) is 5.76 Å². The van der Waals surface area contributed by atoms with Crippen molar-refractivity contribution in [3.63, 3.8) is 0 Å². The molecule has 1 amide bonds. The third-order valence-electron chi connectivity index (χ3n) is 5.82. The van der Waals surface area contributed by atoms with E-state index in [0.29, 0.717) is 17.3 Å². The van der Waals surface area contributed by atoms with Gasteiger partial charge in [-0.2, -0.15) is 0 Å².